The summed E-state index contributed by atoms with van der Waals surface area (Å²) in [5.74, 6) is 0. The number of nitrogens with zero attached hydrogens (tertiary/aromatic N) is 1. The van der Waals surface area contributed by atoms with Gasteiger partial charge in [0.1, 0.15) is 0 Å². The topological polar surface area (TPSA) is 24.9 Å². The molecule has 1 aromatic carbocycles. The standard InChI is InChI=1S/C15H16BrClN2/c1-18-13(8-11-4-2-3-5-14(11)16)9-12-6-7-19-10-15(12)17/h2-7,10,13,18H,8-9H2,1H3. The third-order valence-corrected chi connectivity index (χ3v) is 4.27. The van der Waals surface area contributed by atoms with Crippen molar-refractivity contribution in [3.8, 4) is 0 Å². The molecule has 0 aliphatic carbocycles. The molecule has 1 aromatic heterocycles. The van der Waals surface area contributed by atoms with Crippen molar-refractivity contribution >= 4 is 27.5 Å². The van der Waals surface area contributed by atoms with Gasteiger partial charge < -0.3 is 5.32 Å². The van der Waals surface area contributed by atoms with Gasteiger partial charge in [-0.1, -0.05) is 45.7 Å². The van der Waals surface area contributed by atoms with Crippen molar-refractivity contribution in [2.75, 3.05) is 7.05 Å². The first-order valence-corrected chi connectivity index (χ1v) is 7.37. The third kappa shape index (κ3) is 4.03. The Morgan fingerprint density at radius 3 is 2.63 bits per heavy atom. The molecular weight excluding hydrogens is 324 g/mol. The maximum absolute atomic E-state index is 6.16. The minimum Gasteiger partial charge on any atom is -0.316 e. The smallest absolute Gasteiger partial charge is 0.0621 e. The van der Waals surface area contributed by atoms with E-state index in [1.54, 1.807) is 12.4 Å². The number of aromatic nitrogens is 1. The summed E-state index contributed by atoms with van der Waals surface area (Å²) in [7, 11) is 1.98. The summed E-state index contributed by atoms with van der Waals surface area (Å²) in [6, 6.07) is 10.6. The van der Waals surface area contributed by atoms with Crippen LogP contribution in [0.3, 0.4) is 0 Å². The third-order valence-electron chi connectivity index (χ3n) is 3.16. The van der Waals surface area contributed by atoms with Crippen LogP contribution in [0.4, 0.5) is 0 Å². The Morgan fingerprint density at radius 1 is 1.21 bits per heavy atom. The Morgan fingerprint density at radius 2 is 1.95 bits per heavy atom. The number of hydrogen-bond donors (Lipinski definition) is 1. The molecule has 1 unspecified atom stereocenters. The minimum absolute atomic E-state index is 0.346. The second-order valence-corrected chi connectivity index (χ2v) is 5.71. The van der Waals surface area contributed by atoms with E-state index in [-0.39, 0.29) is 0 Å². The molecular formula is C15H16BrClN2. The van der Waals surface area contributed by atoms with Gasteiger partial charge in [0.05, 0.1) is 5.02 Å². The molecule has 0 saturated carbocycles. The Hall–Kier alpha value is -0.900. The Kier molecular flexibility index (Phi) is 5.37. The summed E-state index contributed by atoms with van der Waals surface area (Å²) in [5, 5.41) is 4.08. The predicted octanol–water partition coefficient (Wildman–Crippen LogP) is 3.87. The van der Waals surface area contributed by atoms with Crippen molar-refractivity contribution in [2.45, 2.75) is 18.9 Å². The molecule has 0 aliphatic heterocycles. The molecule has 100 valence electrons. The van der Waals surface area contributed by atoms with Gasteiger partial charge in [0.25, 0.3) is 0 Å². The van der Waals surface area contributed by atoms with Crippen molar-refractivity contribution in [1.82, 2.24) is 10.3 Å². The molecule has 0 spiro atoms. The van der Waals surface area contributed by atoms with Crippen LogP contribution in [0, 0.1) is 0 Å². The van der Waals surface area contributed by atoms with Gasteiger partial charge in [-0.15, -0.1) is 0 Å². The van der Waals surface area contributed by atoms with E-state index in [1.165, 1.54) is 5.56 Å². The van der Waals surface area contributed by atoms with Gasteiger partial charge in [-0.2, -0.15) is 0 Å². The highest BCUT2D eigenvalue weighted by Gasteiger charge is 2.12. The van der Waals surface area contributed by atoms with Crippen molar-refractivity contribution in [3.63, 3.8) is 0 Å². The monoisotopic (exact) mass is 338 g/mol. The summed E-state index contributed by atoms with van der Waals surface area (Å²) in [5.41, 5.74) is 2.43. The van der Waals surface area contributed by atoms with E-state index < -0.39 is 0 Å². The first kappa shape index (κ1) is 14.5. The molecule has 1 atom stereocenters. The number of benzene rings is 1. The second-order valence-electron chi connectivity index (χ2n) is 4.45. The zero-order valence-electron chi connectivity index (χ0n) is 10.7. The quantitative estimate of drug-likeness (QED) is 0.894. The maximum Gasteiger partial charge on any atom is 0.0621 e. The van der Waals surface area contributed by atoms with E-state index >= 15 is 0 Å². The van der Waals surface area contributed by atoms with Gasteiger partial charge in [-0.3, -0.25) is 4.98 Å². The van der Waals surface area contributed by atoms with Crippen molar-refractivity contribution in [1.29, 1.82) is 0 Å². The second kappa shape index (κ2) is 7.04. The molecule has 2 nitrogen and oxygen atoms in total. The molecule has 1 heterocycles. The Bertz CT molecular complexity index is 498. The fraction of sp³-hybridized carbons (Fsp3) is 0.267. The van der Waals surface area contributed by atoms with Crippen LogP contribution in [0.2, 0.25) is 5.02 Å². The summed E-state index contributed by atoms with van der Waals surface area (Å²) in [6.07, 6.45) is 5.32. The molecule has 2 rings (SSSR count). The predicted molar refractivity (Wildman–Crippen MR) is 83.6 cm³/mol. The normalized spacial score (nSPS) is 12.4. The van der Waals surface area contributed by atoms with E-state index in [1.807, 2.05) is 19.2 Å². The minimum atomic E-state index is 0.346. The van der Waals surface area contributed by atoms with E-state index in [0.717, 1.165) is 27.9 Å². The van der Waals surface area contributed by atoms with Crippen LogP contribution in [0.25, 0.3) is 0 Å². The molecule has 0 amide bonds. The molecule has 0 bridgehead atoms. The van der Waals surface area contributed by atoms with Gasteiger partial charge in [0, 0.05) is 22.9 Å². The molecule has 0 radical (unpaired) electrons. The van der Waals surface area contributed by atoms with Crippen molar-refractivity contribution < 1.29 is 0 Å². The zero-order valence-corrected chi connectivity index (χ0v) is 13.1. The zero-order chi connectivity index (χ0) is 13.7. The number of rotatable bonds is 5. The lowest BCUT2D eigenvalue weighted by Gasteiger charge is -2.17. The average molecular weight is 340 g/mol. The van der Waals surface area contributed by atoms with E-state index in [4.69, 9.17) is 11.6 Å². The first-order valence-electron chi connectivity index (χ1n) is 6.19. The molecule has 0 aliphatic rings. The highest BCUT2D eigenvalue weighted by atomic mass is 79.9. The molecule has 2 aromatic rings. The molecule has 1 N–H and O–H groups in total. The molecule has 0 saturated heterocycles. The van der Waals surface area contributed by atoms with Crippen LogP contribution in [-0.2, 0) is 12.8 Å². The highest BCUT2D eigenvalue weighted by Crippen LogP contribution is 2.20. The van der Waals surface area contributed by atoms with Crippen molar-refractivity contribution in [3.05, 3.63) is 63.3 Å². The van der Waals surface area contributed by atoms with Crippen LogP contribution in [0.5, 0.6) is 0 Å². The van der Waals surface area contributed by atoms with Gasteiger partial charge in [0.2, 0.25) is 0 Å². The van der Waals surface area contributed by atoms with E-state index in [2.05, 4.69) is 44.4 Å². The molecule has 19 heavy (non-hydrogen) atoms. The summed E-state index contributed by atoms with van der Waals surface area (Å²) in [6.45, 7) is 0. The molecule has 0 fully saturated rings. The largest absolute Gasteiger partial charge is 0.316 e. The van der Waals surface area contributed by atoms with Crippen LogP contribution in [-0.4, -0.2) is 18.1 Å². The highest BCUT2D eigenvalue weighted by molar-refractivity contribution is 9.10. The van der Waals surface area contributed by atoms with Gasteiger partial charge in [-0.25, -0.2) is 0 Å². The summed E-state index contributed by atoms with van der Waals surface area (Å²) in [4.78, 5) is 4.02. The number of hydrogen-bond acceptors (Lipinski definition) is 2. The Labute approximate surface area is 127 Å². The van der Waals surface area contributed by atoms with Crippen LogP contribution < -0.4 is 5.32 Å². The van der Waals surface area contributed by atoms with Crippen LogP contribution in [0.1, 0.15) is 11.1 Å². The first-order chi connectivity index (χ1) is 9.20. The van der Waals surface area contributed by atoms with Crippen molar-refractivity contribution in [2.24, 2.45) is 0 Å². The number of halogens is 2. The Balaban J connectivity index is 2.09. The van der Waals surface area contributed by atoms with Gasteiger partial charge in [0.15, 0.2) is 0 Å². The molecule has 4 heteroatoms. The lowest BCUT2D eigenvalue weighted by molar-refractivity contribution is 0.555. The lowest BCUT2D eigenvalue weighted by atomic mass is 10.00. The van der Waals surface area contributed by atoms with Gasteiger partial charge in [-0.05, 0) is 43.1 Å². The lowest BCUT2D eigenvalue weighted by Crippen LogP contribution is -2.30. The maximum atomic E-state index is 6.16. The average Bonchev–Trinajstić information content (AvgIpc) is 2.42. The van der Waals surface area contributed by atoms with Gasteiger partial charge >= 0.3 is 0 Å². The van der Waals surface area contributed by atoms with Crippen LogP contribution in [0.15, 0.2) is 47.2 Å². The summed E-state index contributed by atoms with van der Waals surface area (Å²) >= 11 is 9.75. The van der Waals surface area contributed by atoms with Crippen LogP contribution >= 0.6 is 27.5 Å². The SMILES string of the molecule is CNC(Cc1ccncc1Cl)Cc1ccccc1Br. The number of pyridine rings is 1. The van der Waals surface area contributed by atoms with E-state index in [0.29, 0.717) is 6.04 Å². The van der Waals surface area contributed by atoms with E-state index in [9.17, 15) is 0 Å². The fourth-order valence-corrected chi connectivity index (χ4v) is 2.68. The number of nitrogens with one attached hydrogen (secondary N) is 1. The number of likely N-dealkylation sites (N-methyl/N-ethyl adjacent to an activating group) is 1. The fourth-order valence-electron chi connectivity index (χ4n) is 2.04. The summed E-state index contributed by atoms with van der Waals surface area (Å²) < 4.78 is 1.15.